The van der Waals surface area contributed by atoms with Gasteiger partial charge in [0.05, 0.1) is 13.2 Å². The zero-order valence-corrected chi connectivity index (χ0v) is 11.8. The zero-order valence-electron chi connectivity index (χ0n) is 11.8. The van der Waals surface area contributed by atoms with Crippen LogP contribution in [0.2, 0.25) is 0 Å². The molecule has 2 unspecified atom stereocenters. The second-order valence-corrected chi connectivity index (χ2v) is 6.21. The van der Waals surface area contributed by atoms with Gasteiger partial charge in [-0.15, -0.1) is 0 Å². The Hall–Kier alpha value is -1.42. The lowest BCUT2D eigenvalue weighted by atomic mass is 9.97. The Bertz CT molecular complexity index is 491. The summed E-state index contributed by atoms with van der Waals surface area (Å²) in [6.07, 6.45) is 5.73. The van der Waals surface area contributed by atoms with Gasteiger partial charge in [0.25, 0.3) is 0 Å². The Labute approximate surface area is 119 Å². The molecule has 4 heteroatoms. The van der Waals surface area contributed by atoms with Crippen molar-refractivity contribution in [1.29, 1.82) is 0 Å². The molecule has 3 heterocycles. The third-order valence-corrected chi connectivity index (χ3v) is 4.80. The van der Waals surface area contributed by atoms with Crippen LogP contribution in [0, 0.1) is 0 Å². The van der Waals surface area contributed by atoms with Crippen LogP contribution < -0.4 is 20.1 Å². The molecule has 2 saturated heterocycles. The average Bonchev–Trinajstić information content (AvgIpc) is 2.64. The second kappa shape index (κ2) is 4.85. The molecule has 3 aliphatic rings. The number of fused-ring (bicyclic) bond motifs is 3. The molecule has 0 spiro atoms. The second-order valence-electron chi connectivity index (χ2n) is 6.21. The van der Waals surface area contributed by atoms with Crippen LogP contribution in [0.5, 0.6) is 11.5 Å². The van der Waals surface area contributed by atoms with Gasteiger partial charge >= 0.3 is 0 Å². The Morgan fingerprint density at radius 2 is 1.70 bits per heavy atom. The fourth-order valence-corrected chi connectivity index (χ4v) is 3.95. The number of hydrogen-bond donors (Lipinski definition) is 1. The summed E-state index contributed by atoms with van der Waals surface area (Å²) in [5.41, 5.74) is 7.43. The summed E-state index contributed by atoms with van der Waals surface area (Å²) < 4.78 is 11.5. The number of piperidine rings is 1. The van der Waals surface area contributed by atoms with Gasteiger partial charge in [0, 0.05) is 36.3 Å². The molecule has 2 fully saturated rings. The van der Waals surface area contributed by atoms with Crippen LogP contribution in [0.1, 0.15) is 32.1 Å². The van der Waals surface area contributed by atoms with E-state index in [-0.39, 0.29) is 0 Å². The highest BCUT2D eigenvalue weighted by Gasteiger charge is 2.39. The van der Waals surface area contributed by atoms with E-state index in [1.807, 2.05) is 0 Å². The molecule has 0 aromatic heterocycles. The summed E-state index contributed by atoms with van der Waals surface area (Å²) in [6.45, 7) is 1.49. The molecule has 4 rings (SSSR count). The van der Waals surface area contributed by atoms with Crippen LogP contribution in [0.3, 0.4) is 0 Å². The molecular formula is C16H22N2O2. The standard InChI is InChI=1S/C16H22N2O2/c17-11-8-12-2-3-13(9-11)18(12)14-4-5-15-16(10-14)20-7-1-6-19-15/h4-5,10-13H,1-3,6-9,17H2. The number of nitrogens with zero attached hydrogens (tertiary/aromatic N) is 1. The van der Waals surface area contributed by atoms with E-state index >= 15 is 0 Å². The van der Waals surface area contributed by atoms with Crippen LogP contribution >= 0.6 is 0 Å². The van der Waals surface area contributed by atoms with E-state index in [0.29, 0.717) is 18.1 Å². The third-order valence-electron chi connectivity index (χ3n) is 4.80. The summed E-state index contributed by atoms with van der Waals surface area (Å²) >= 11 is 0. The van der Waals surface area contributed by atoms with Crippen molar-refractivity contribution in [2.75, 3.05) is 18.1 Å². The topological polar surface area (TPSA) is 47.7 Å². The molecular weight excluding hydrogens is 252 g/mol. The van der Waals surface area contributed by atoms with Crippen molar-refractivity contribution < 1.29 is 9.47 Å². The first-order chi connectivity index (χ1) is 9.81. The first-order valence-electron chi connectivity index (χ1n) is 7.75. The lowest BCUT2D eigenvalue weighted by molar-refractivity contribution is 0.297. The maximum atomic E-state index is 6.16. The lowest BCUT2D eigenvalue weighted by Crippen LogP contribution is -2.47. The van der Waals surface area contributed by atoms with Gasteiger partial charge in [-0.05, 0) is 37.8 Å². The number of hydrogen-bond acceptors (Lipinski definition) is 4. The van der Waals surface area contributed by atoms with E-state index in [9.17, 15) is 0 Å². The van der Waals surface area contributed by atoms with Gasteiger partial charge in [-0.1, -0.05) is 0 Å². The van der Waals surface area contributed by atoms with Crippen LogP contribution in [-0.4, -0.2) is 31.3 Å². The number of rotatable bonds is 1. The van der Waals surface area contributed by atoms with Gasteiger partial charge < -0.3 is 20.1 Å². The van der Waals surface area contributed by atoms with E-state index < -0.39 is 0 Å². The van der Waals surface area contributed by atoms with E-state index in [2.05, 4.69) is 23.1 Å². The van der Waals surface area contributed by atoms with Gasteiger partial charge in [0.1, 0.15) is 0 Å². The zero-order chi connectivity index (χ0) is 13.5. The molecule has 2 atom stereocenters. The molecule has 2 N–H and O–H groups in total. The van der Waals surface area contributed by atoms with E-state index in [0.717, 1.165) is 44.0 Å². The highest BCUT2D eigenvalue weighted by atomic mass is 16.5. The van der Waals surface area contributed by atoms with E-state index in [1.54, 1.807) is 0 Å². The molecule has 0 saturated carbocycles. The van der Waals surface area contributed by atoms with Crippen molar-refractivity contribution in [3.63, 3.8) is 0 Å². The Balaban J connectivity index is 1.64. The van der Waals surface area contributed by atoms with Crippen molar-refractivity contribution in [3.05, 3.63) is 18.2 Å². The van der Waals surface area contributed by atoms with Crippen molar-refractivity contribution in [2.45, 2.75) is 50.2 Å². The first-order valence-corrected chi connectivity index (χ1v) is 7.75. The van der Waals surface area contributed by atoms with E-state index in [1.165, 1.54) is 18.5 Å². The van der Waals surface area contributed by atoms with Gasteiger partial charge in [-0.2, -0.15) is 0 Å². The molecule has 0 radical (unpaired) electrons. The molecule has 0 aliphatic carbocycles. The molecule has 1 aromatic carbocycles. The fourth-order valence-electron chi connectivity index (χ4n) is 3.95. The minimum atomic E-state index is 0.379. The highest BCUT2D eigenvalue weighted by molar-refractivity contribution is 5.58. The predicted molar refractivity (Wildman–Crippen MR) is 78.5 cm³/mol. The Kier molecular flexibility index (Phi) is 2.99. The molecule has 3 aliphatic heterocycles. The summed E-state index contributed by atoms with van der Waals surface area (Å²) in [5, 5.41) is 0. The largest absolute Gasteiger partial charge is 0.490 e. The lowest BCUT2D eigenvalue weighted by Gasteiger charge is -2.39. The van der Waals surface area contributed by atoms with Crippen LogP contribution in [0.15, 0.2) is 18.2 Å². The van der Waals surface area contributed by atoms with Crippen LogP contribution in [0.25, 0.3) is 0 Å². The Morgan fingerprint density at radius 3 is 2.45 bits per heavy atom. The first kappa shape index (κ1) is 12.3. The molecule has 108 valence electrons. The fraction of sp³-hybridized carbons (Fsp3) is 0.625. The predicted octanol–water partition coefficient (Wildman–Crippen LogP) is 2.31. The van der Waals surface area contributed by atoms with Gasteiger partial charge in [0.2, 0.25) is 0 Å². The minimum Gasteiger partial charge on any atom is -0.490 e. The Morgan fingerprint density at radius 1 is 1.00 bits per heavy atom. The number of ether oxygens (including phenoxy) is 2. The summed E-state index contributed by atoms with van der Waals surface area (Å²) in [5.74, 6) is 1.78. The van der Waals surface area contributed by atoms with Gasteiger partial charge in [0.15, 0.2) is 11.5 Å². The highest BCUT2D eigenvalue weighted by Crippen LogP contribution is 2.42. The van der Waals surface area contributed by atoms with Crippen LogP contribution in [-0.2, 0) is 0 Å². The molecule has 0 amide bonds. The van der Waals surface area contributed by atoms with Crippen molar-refractivity contribution in [1.82, 2.24) is 0 Å². The molecule has 20 heavy (non-hydrogen) atoms. The maximum absolute atomic E-state index is 6.16. The normalized spacial score (nSPS) is 32.0. The number of anilines is 1. The van der Waals surface area contributed by atoms with Crippen molar-refractivity contribution in [3.8, 4) is 11.5 Å². The van der Waals surface area contributed by atoms with Crippen LogP contribution in [0.4, 0.5) is 5.69 Å². The van der Waals surface area contributed by atoms with Crippen molar-refractivity contribution in [2.24, 2.45) is 5.73 Å². The quantitative estimate of drug-likeness (QED) is 0.853. The SMILES string of the molecule is NC1CC2CCC(C1)N2c1ccc2c(c1)OCCCO2. The van der Waals surface area contributed by atoms with Gasteiger partial charge in [-0.25, -0.2) is 0 Å². The number of nitrogens with two attached hydrogens (primary N) is 1. The minimum absolute atomic E-state index is 0.379. The van der Waals surface area contributed by atoms with Gasteiger partial charge in [-0.3, -0.25) is 0 Å². The molecule has 4 nitrogen and oxygen atoms in total. The maximum Gasteiger partial charge on any atom is 0.163 e. The smallest absolute Gasteiger partial charge is 0.163 e. The number of benzene rings is 1. The average molecular weight is 274 g/mol. The summed E-state index contributed by atoms with van der Waals surface area (Å²) in [6, 6.07) is 7.98. The summed E-state index contributed by atoms with van der Waals surface area (Å²) in [7, 11) is 0. The molecule has 2 bridgehead atoms. The van der Waals surface area contributed by atoms with E-state index in [4.69, 9.17) is 15.2 Å². The third kappa shape index (κ3) is 2.03. The van der Waals surface area contributed by atoms with Crippen molar-refractivity contribution >= 4 is 5.69 Å². The molecule has 1 aromatic rings. The summed E-state index contributed by atoms with van der Waals surface area (Å²) in [4.78, 5) is 2.57. The monoisotopic (exact) mass is 274 g/mol.